The van der Waals surface area contributed by atoms with E-state index in [1.54, 1.807) is 0 Å². The van der Waals surface area contributed by atoms with Crippen molar-refractivity contribution in [3.8, 4) is 0 Å². The lowest BCUT2D eigenvalue weighted by Gasteiger charge is -1.87. The van der Waals surface area contributed by atoms with Gasteiger partial charge >= 0.3 is 0 Å². The summed E-state index contributed by atoms with van der Waals surface area (Å²) in [5.74, 6) is 0. The van der Waals surface area contributed by atoms with E-state index in [0.717, 1.165) is 6.54 Å². The standard InChI is InChI=1S/C7H9N.CH2O2/c8-6-7-4-2-1-3-5-7;2-1-3/h1-5H,6,8H2;1H,(H,2,3). The van der Waals surface area contributed by atoms with Crippen LogP contribution in [0.4, 0.5) is 0 Å². The van der Waals surface area contributed by atoms with E-state index in [-0.39, 0.29) is 0 Å². The van der Waals surface area contributed by atoms with Crippen LogP contribution in [0.15, 0.2) is 30.3 Å². The molecule has 1 rings (SSSR count). The summed E-state index contributed by atoms with van der Waals surface area (Å²) in [5.41, 5.74) is 5.05. The SMILES string of the molecule is O=C[O-].[NH3+]Cc1ccccc1. The van der Waals surface area contributed by atoms with Gasteiger partial charge in [0.2, 0.25) is 0 Å². The van der Waals surface area contributed by atoms with E-state index < -0.39 is 6.47 Å². The molecule has 0 fully saturated rings. The molecule has 3 N–H and O–H groups in total. The third-order valence-corrected chi connectivity index (χ3v) is 1.13. The van der Waals surface area contributed by atoms with Crippen LogP contribution >= 0.6 is 0 Å². The minimum Gasteiger partial charge on any atom is -0.554 e. The summed E-state index contributed by atoms with van der Waals surface area (Å²) >= 11 is 0. The van der Waals surface area contributed by atoms with E-state index in [0.29, 0.717) is 0 Å². The van der Waals surface area contributed by atoms with Gasteiger partial charge in [-0.2, -0.15) is 0 Å². The van der Waals surface area contributed by atoms with Crippen LogP contribution in [0.25, 0.3) is 0 Å². The molecule has 0 aliphatic carbocycles. The van der Waals surface area contributed by atoms with Gasteiger partial charge in [0.05, 0.1) is 6.54 Å². The number of quaternary nitrogens is 1. The molecule has 0 aromatic heterocycles. The van der Waals surface area contributed by atoms with Gasteiger partial charge in [0.1, 0.15) is 0 Å². The molecule has 0 aliphatic rings. The average molecular weight is 153 g/mol. The molecule has 60 valence electrons. The van der Waals surface area contributed by atoms with Crippen LogP contribution < -0.4 is 10.8 Å². The van der Waals surface area contributed by atoms with Crippen LogP contribution in [0, 0.1) is 0 Å². The van der Waals surface area contributed by atoms with Crippen molar-refractivity contribution in [2.24, 2.45) is 0 Å². The lowest BCUT2D eigenvalue weighted by molar-refractivity contribution is -0.386. The van der Waals surface area contributed by atoms with E-state index in [1.165, 1.54) is 5.56 Å². The molecule has 0 radical (unpaired) electrons. The number of rotatable bonds is 1. The van der Waals surface area contributed by atoms with Crippen molar-refractivity contribution in [2.75, 3.05) is 0 Å². The van der Waals surface area contributed by atoms with Gasteiger partial charge < -0.3 is 15.6 Å². The molecular weight excluding hydrogens is 142 g/mol. The number of benzene rings is 1. The van der Waals surface area contributed by atoms with Crippen molar-refractivity contribution in [3.05, 3.63) is 35.9 Å². The zero-order valence-corrected chi connectivity index (χ0v) is 6.19. The van der Waals surface area contributed by atoms with Gasteiger partial charge in [-0.15, -0.1) is 0 Å². The molecule has 0 heterocycles. The van der Waals surface area contributed by atoms with Crippen molar-refractivity contribution < 1.29 is 15.6 Å². The van der Waals surface area contributed by atoms with Crippen LogP contribution in [0.5, 0.6) is 0 Å². The summed E-state index contributed by atoms with van der Waals surface area (Å²) in [5, 5.41) is 8.25. The Bertz CT molecular complexity index is 187. The number of hydrogen-bond acceptors (Lipinski definition) is 2. The molecule has 0 aliphatic heterocycles. The highest BCUT2D eigenvalue weighted by Gasteiger charge is 1.82. The molecule has 3 nitrogen and oxygen atoms in total. The Balaban J connectivity index is 0.000000292. The van der Waals surface area contributed by atoms with Crippen molar-refractivity contribution in [2.45, 2.75) is 6.54 Å². The second kappa shape index (κ2) is 6.77. The minimum absolute atomic E-state index is 0.500. The van der Waals surface area contributed by atoms with Crippen molar-refractivity contribution in [3.63, 3.8) is 0 Å². The fourth-order valence-electron chi connectivity index (χ4n) is 0.645. The van der Waals surface area contributed by atoms with Crippen molar-refractivity contribution in [1.82, 2.24) is 0 Å². The number of carboxylic acid groups (broad SMARTS) is 1. The Morgan fingerprint density at radius 2 is 1.82 bits per heavy atom. The van der Waals surface area contributed by atoms with E-state index in [2.05, 4.69) is 17.9 Å². The van der Waals surface area contributed by atoms with E-state index >= 15 is 0 Å². The number of hydrogen-bond donors (Lipinski definition) is 1. The average Bonchev–Trinajstić information content (AvgIpc) is 2.08. The molecule has 0 spiro atoms. The van der Waals surface area contributed by atoms with Gasteiger partial charge in [-0.3, -0.25) is 0 Å². The van der Waals surface area contributed by atoms with Gasteiger partial charge in [0.25, 0.3) is 0 Å². The molecule has 3 heteroatoms. The van der Waals surface area contributed by atoms with Crippen molar-refractivity contribution >= 4 is 6.47 Å². The van der Waals surface area contributed by atoms with Crippen LogP contribution in [-0.4, -0.2) is 6.47 Å². The lowest BCUT2D eigenvalue weighted by Crippen LogP contribution is -2.47. The topological polar surface area (TPSA) is 67.8 Å². The highest BCUT2D eigenvalue weighted by Crippen LogP contribution is 1.93. The second-order valence-electron chi connectivity index (χ2n) is 1.83. The lowest BCUT2D eigenvalue weighted by atomic mass is 10.2. The Kier molecular flexibility index (Phi) is 5.94. The quantitative estimate of drug-likeness (QED) is 0.515. The van der Waals surface area contributed by atoms with Gasteiger partial charge in [0.15, 0.2) is 0 Å². The van der Waals surface area contributed by atoms with Crippen LogP contribution in [0.2, 0.25) is 0 Å². The molecule has 11 heavy (non-hydrogen) atoms. The molecule has 0 bridgehead atoms. The second-order valence-corrected chi connectivity index (χ2v) is 1.83. The molecule has 1 aromatic carbocycles. The largest absolute Gasteiger partial charge is 0.554 e. The monoisotopic (exact) mass is 153 g/mol. The van der Waals surface area contributed by atoms with Crippen molar-refractivity contribution in [1.29, 1.82) is 0 Å². The zero-order chi connectivity index (χ0) is 8.53. The van der Waals surface area contributed by atoms with Crippen LogP contribution in [0.3, 0.4) is 0 Å². The van der Waals surface area contributed by atoms with Crippen LogP contribution in [-0.2, 0) is 11.3 Å². The Hall–Kier alpha value is -1.35. The Labute approximate surface area is 65.5 Å². The molecule has 0 atom stereocenters. The van der Waals surface area contributed by atoms with E-state index in [1.807, 2.05) is 18.2 Å². The van der Waals surface area contributed by atoms with E-state index in [9.17, 15) is 0 Å². The normalized spacial score (nSPS) is 7.73. The maximum Gasteiger partial charge on any atom is 0.0997 e. The van der Waals surface area contributed by atoms with Crippen LogP contribution in [0.1, 0.15) is 5.56 Å². The molecule has 0 saturated heterocycles. The summed E-state index contributed by atoms with van der Waals surface area (Å²) in [7, 11) is 0. The smallest absolute Gasteiger partial charge is 0.0997 e. The Morgan fingerprint density at radius 3 is 2.09 bits per heavy atom. The minimum atomic E-state index is -0.500. The fraction of sp³-hybridized carbons (Fsp3) is 0.125. The first-order valence-corrected chi connectivity index (χ1v) is 3.24. The summed E-state index contributed by atoms with van der Waals surface area (Å²) in [6.45, 7) is 0.390. The highest BCUT2D eigenvalue weighted by molar-refractivity contribution is 5.29. The van der Waals surface area contributed by atoms with E-state index in [4.69, 9.17) is 9.90 Å². The summed E-state index contributed by atoms with van der Waals surface area (Å²) in [6.07, 6.45) is 0. The van der Waals surface area contributed by atoms with Gasteiger partial charge in [-0.25, -0.2) is 0 Å². The predicted octanol–water partition coefficient (Wildman–Crippen LogP) is -1.21. The highest BCUT2D eigenvalue weighted by atomic mass is 16.3. The summed E-state index contributed by atoms with van der Waals surface area (Å²) < 4.78 is 0. The van der Waals surface area contributed by atoms with Gasteiger partial charge in [-0.05, 0) is 0 Å². The molecule has 0 unspecified atom stereocenters. The van der Waals surface area contributed by atoms with Gasteiger partial charge in [-0.1, -0.05) is 30.3 Å². The summed E-state index contributed by atoms with van der Waals surface area (Å²) in [6, 6.07) is 10.2. The molecule has 1 aromatic rings. The zero-order valence-electron chi connectivity index (χ0n) is 6.19. The number of carbonyl (C=O) groups excluding carboxylic acids is 1. The van der Waals surface area contributed by atoms with Gasteiger partial charge in [0, 0.05) is 12.0 Å². The molecular formula is C8H11NO2. The Morgan fingerprint density at radius 1 is 1.36 bits per heavy atom. The first-order chi connectivity index (χ1) is 5.35. The maximum absolute atomic E-state index is 8.25. The number of carbonyl (C=O) groups is 1. The molecule has 0 amide bonds. The maximum atomic E-state index is 8.25. The first kappa shape index (κ1) is 9.65. The third-order valence-electron chi connectivity index (χ3n) is 1.13. The predicted molar refractivity (Wildman–Crippen MR) is 39.1 cm³/mol. The first-order valence-electron chi connectivity index (χ1n) is 3.24. The third kappa shape index (κ3) is 5.11. The summed E-state index contributed by atoms with van der Waals surface area (Å²) in [4.78, 5) is 8.25. The molecule has 0 saturated carbocycles. The fourth-order valence-corrected chi connectivity index (χ4v) is 0.645.